The van der Waals surface area contributed by atoms with Gasteiger partial charge < -0.3 is 15.4 Å². The van der Waals surface area contributed by atoms with Crippen LogP contribution in [-0.4, -0.2) is 35.0 Å². The molecule has 1 amide bonds. The minimum atomic E-state index is -0.408. The molecule has 1 saturated carbocycles. The zero-order valence-electron chi connectivity index (χ0n) is 14.7. The number of anilines is 2. The molecule has 7 nitrogen and oxygen atoms in total. The highest BCUT2D eigenvalue weighted by Crippen LogP contribution is 2.18. The molecule has 0 saturated heterocycles. The molecule has 0 unspecified atom stereocenters. The highest BCUT2D eigenvalue weighted by Gasteiger charge is 2.17. The Hall–Kier alpha value is -2.96. The van der Waals surface area contributed by atoms with Crippen LogP contribution in [0, 0.1) is 0 Å². The summed E-state index contributed by atoms with van der Waals surface area (Å²) in [5.74, 6) is -0.112. The predicted octanol–water partition coefficient (Wildman–Crippen LogP) is 3.07. The van der Waals surface area contributed by atoms with E-state index in [-0.39, 0.29) is 11.9 Å². The van der Waals surface area contributed by atoms with Gasteiger partial charge in [0.05, 0.1) is 25.1 Å². The van der Waals surface area contributed by atoms with E-state index in [1.54, 1.807) is 24.3 Å². The Bertz CT molecular complexity index is 771. The average Bonchev–Trinajstić information content (AvgIpc) is 2.69. The molecular weight excluding hydrogens is 332 g/mol. The quantitative estimate of drug-likeness (QED) is 0.802. The normalized spacial score (nSPS) is 14.5. The van der Waals surface area contributed by atoms with Crippen molar-refractivity contribution in [1.82, 2.24) is 15.3 Å². The molecule has 1 aromatic heterocycles. The van der Waals surface area contributed by atoms with Crippen molar-refractivity contribution < 1.29 is 14.3 Å². The molecule has 136 valence electrons. The number of benzene rings is 1. The lowest BCUT2D eigenvalue weighted by Crippen LogP contribution is -2.36. The molecule has 2 N–H and O–H groups in total. The van der Waals surface area contributed by atoms with Gasteiger partial charge in [-0.3, -0.25) is 4.79 Å². The minimum absolute atomic E-state index is 0.191. The van der Waals surface area contributed by atoms with E-state index in [2.05, 4.69) is 20.6 Å². The fraction of sp³-hybridized carbons (Fsp3) is 0.368. The van der Waals surface area contributed by atoms with Crippen LogP contribution >= 0.6 is 0 Å². The topological polar surface area (TPSA) is 93.2 Å². The van der Waals surface area contributed by atoms with E-state index < -0.39 is 5.97 Å². The molecule has 1 aromatic carbocycles. The lowest BCUT2D eigenvalue weighted by Gasteiger charge is -2.22. The molecular formula is C19H22N4O3. The number of carbonyl (C=O) groups excluding carboxylic acids is 2. The molecule has 26 heavy (non-hydrogen) atoms. The van der Waals surface area contributed by atoms with Crippen molar-refractivity contribution in [2.24, 2.45) is 0 Å². The maximum Gasteiger partial charge on any atom is 0.337 e. The Kier molecular flexibility index (Phi) is 5.78. The SMILES string of the molecule is COC(=O)c1cccc(Nc2cnc(C(=O)NC3CCCCC3)cn2)c1. The third-order valence-electron chi connectivity index (χ3n) is 4.38. The monoisotopic (exact) mass is 354 g/mol. The highest BCUT2D eigenvalue weighted by atomic mass is 16.5. The van der Waals surface area contributed by atoms with E-state index >= 15 is 0 Å². The summed E-state index contributed by atoms with van der Waals surface area (Å²) in [6, 6.07) is 7.11. The third kappa shape index (κ3) is 4.56. The number of nitrogens with zero attached hydrogens (tertiary/aromatic N) is 2. The Morgan fingerprint density at radius 2 is 1.92 bits per heavy atom. The van der Waals surface area contributed by atoms with Crippen molar-refractivity contribution in [3.63, 3.8) is 0 Å². The summed E-state index contributed by atoms with van der Waals surface area (Å²) < 4.78 is 4.71. The van der Waals surface area contributed by atoms with Crippen LogP contribution in [-0.2, 0) is 4.74 Å². The Balaban J connectivity index is 1.62. The minimum Gasteiger partial charge on any atom is -0.465 e. The number of methoxy groups -OCH3 is 1. The van der Waals surface area contributed by atoms with Crippen molar-refractivity contribution in [3.8, 4) is 0 Å². The van der Waals surface area contributed by atoms with E-state index in [9.17, 15) is 9.59 Å². The second kappa shape index (κ2) is 8.42. The number of esters is 1. The summed E-state index contributed by atoms with van der Waals surface area (Å²) in [5, 5.41) is 6.08. The summed E-state index contributed by atoms with van der Waals surface area (Å²) in [7, 11) is 1.34. The summed E-state index contributed by atoms with van der Waals surface area (Å²) in [4.78, 5) is 32.2. The molecule has 0 radical (unpaired) electrons. The number of hydrogen-bond donors (Lipinski definition) is 2. The number of carbonyl (C=O) groups is 2. The second-order valence-electron chi connectivity index (χ2n) is 6.29. The first-order valence-electron chi connectivity index (χ1n) is 8.74. The fourth-order valence-electron chi connectivity index (χ4n) is 3.01. The molecule has 0 aliphatic heterocycles. The molecule has 1 heterocycles. The first kappa shape index (κ1) is 17.8. The van der Waals surface area contributed by atoms with Gasteiger partial charge >= 0.3 is 5.97 Å². The van der Waals surface area contributed by atoms with E-state index in [0.29, 0.717) is 22.8 Å². The van der Waals surface area contributed by atoms with Crippen molar-refractivity contribution >= 4 is 23.4 Å². The number of nitrogens with one attached hydrogen (secondary N) is 2. The molecule has 1 fully saturated rings. The van der Waals surface area contributed by atoms with Gasteiger partial charge in [-0.05, 0) is 31.0 Å². The molecule has 0 atom stereocenters. The second-order valence-corrected chi connectivity index (χ2v) is 6.29. The number of hydrogen-bond acceptors (Lipinski definition) is 6. The molecule has 3 rings (SSSR count). The van der Waals surface area contributed by atoms with Crippen LogP contribution in [0.1, 0.15) is 53.0 Å². The molecule has 1 aliphatic rings. The van der Waals surface area contributed by atoms with Gasteiger partial charge in [-0.15, -0.1) is 0 Å². The molecule has 2 aromatic rings. The standard InChI is InChI=1S/C19H22N4O3/c1-26-19(25)13-6-5-9-15(10-13)22-17-12-20-16(11-21-17)18(24)23-14-7-3-2-4-8-14/h5-6,9-12,14H,2-4,7-8H2,1H3,(H,21,22)(H,23,24). The summed E-state index contributed by atoms with van der Waals surface area (Å²) in [6.07, 6.45) is 8.55. The summed E-state index contributed by atoms with van der Waals surface area (Å²) in [5.41, 5.74) is 1.42. The molecule has 0 bridgehead atoms. The molecule has 1 aliphatic carbocycles. The van der Waals surface area contributed by atoms with Crippen LogP contribution in [0.2, 0.25) is 0 Å². The first-order valence-corrected chi connectivity index (χ1v) is 8.74. The van der Waals surface area contributed by atoms with Gasteiger partial charge in [0.2, 0.25) is 0 Å². The van der Waals surface area contributed by atoms with Crippen LogP contribution in [0.5, 0.6) is 0 Å². The third-order valence-corrected chi connectivity index (χ3v) is 4.38. The Morgan fingerprint density at radius 1 is 1.12 bits per heavy atom. The van der Waals surface area contributed by atoms with E-state index in [4.69, 9.17) is 4.74 Å². The number of rotatable bonds is 5. The van der Waals surface area contributed by atoms with Crippen LogP contribution < -0.4 is 10.6 Å². The van der Waals surface area contributed by atoms with Crippen molar-refractivity contribution in [2.45, 2.75) is 38.1 Å². The summed E-state index contributed by atoms with van der Waals surface area (Å²) in [6.45, 7) is 0. The van der Waals surface area contributed by atoms with Crippen LogP contribution in [0.25, 0.3) is 0 Å². The van der Waals surface area contributed by atoms with Gasteiger partial charge in [0.25, 0.3) is 5.91 Å². The lowest BCUT2D eigenvalue weighted by atomic mass is 9.95. The Morgan fingerprint density at radius 3 is 2.62 bits per heavy atom. The molecule has 7 heteroatoms. The van der Waals surface area contributed by atoms with Gasteiger partial charge in [-0.1, -0.05) is 25.3 Å². The predicted molar refractivity (Wildman–Crippen MR) is 97.4 cm³/mol. The van der Waals surface area contributed by atoms with Gasteiger partial charge in [-0.25, -0.2) is 14.8 Å². The van der Waals surface area contributed by atoms with Gasteiger partial charge in [0, 0.05) is 11.7 Å². The smallest absolute Gasteiger partial charge is 0.337 e. The fourth-order valence-corrected chi connectivity index (χ4v) is 3.01. The lowest BCUT2D eigenvalue weighted by molar-refractivity contribution is 0.0600. The maximum atomic E-state index is 12.2. The van der Waals surface area contributed by atoms with Crippen molar-refractivity contribution in [2.75, 3.05) is 12.4 Å². The zero-order chi connectivity index (χ0) is 18.4. The largest absolute Gasteiger partial charge is 0.465 e. The highest BCUT2D eigenvalue weighted by molar-refractivity contribution is 5.92. The maximum absolute atomic E-state index is 12.2. The summed E-state index contributed by atoms with van der Waals surface area (Å²) >= 11 is 0. The van der Waals surface area contributed by atoms with Crippen LogP contribution in [0.15, 0.2) is 36.7 Å². The Labute approximate surface area is 152 Å². The van der Waals surface area contributed by atoms with Crippen molar-refractivity contribution in [1.29, 1.82) is 0 Å². The zero-order valence-corrected chi connectivity index (χ0v) is 14.7. The van der Waals surface area contributed by atoms with Gasteiger partial charge in [-0.2, -0.15) is 0 Å². The van der Waals surface area contributed by atoms with Crippen LogP contribution in [0.3, 0.4) is 0 Å². The van der Waals surface area contributed by atoms with Crippen LogP contribution in [0.4, 0.5) is 11.5 Å². The van der Waals surface area contributed by atoms with Gasteiger partial charge in [0.15, 0.2) is 0 Å². The number of ether oxygens (including phenoxy) is 1. The van der Waals surface area contributed by atoms with Gasteiger partial charge in [0.1, 0.15) is 11.5 Å². The van der Waals surface area contributed by atoms with Crippen molar-refractivity contribution in [3.05, 3.63) is 47.9 Å². The molecule has 0 spiro atoms. The number of amides is 1. The van der Waals surface area contributed by atoms with E-state index in [1.807, 2.05) is 0 Å². The first-order chi connectivity index (χ1) is 12.7. The number of aromatic nitrogens is 2. The van der Waals surface area contributed by atoms with E-state index in [0.717, 1.165) is 25.7 Å². The van der Waals surface area contributed by atoms with E-state index in [1.165, 1.54) is 25.9 Å². The average molecular weight is 354 g/mol.